The molecule has 1 atom stereocenters. The van der Waals surface area contributed by atoms with E-state index in [2.05, 4.69) is 38.4 Å². The number of hydrogen-bond donors (Lipinski definition) is 0. The number of alkyl halides is 1. The van der Waals surface area contributed by atoms with Crippen LogP contribution in [0.2, 0.25) is 0 Å². The molecule has 0 fully saturated rings. The molecule has 0 saturated heterocycles. The monoisotopic (exact) mass is 285 g/mol. The van der Waals surface area contributed by atoms with Crippen LogP contribution < -0.4 is 0 Å². The van der Waals surface area contributed by atoms with Crippen molar-refractivity contribution in [2.45, 2.75) is 11.2 Å². The van der Waals surface area contributed by atoms with Crippen LogP contribution in [-0.4, -0.2) is 23.5 Å². The molecule has 80 valence electrons. The summed E-state index contributed by atoms with van der Waals surface area (Å²) < 4.78 is 6.40. The highest BCUT2D eigenvalue weighted by Gasteiger charge is 2.09. The number of thiophene rings is 1. The molecule has 0 aromatic carbocycles. The lowest BCUT2D eigenvalue weighted by Gasteiger charge is -2.08. The predicted molar refractivity (Wildman–Crippen MR) is 67.9 cm³/mol. The number of fused-ring (bicyclic) bond motifs is 1. The molecule has 2 nitrogen and oxygen atoms in total. The lowest BCUT2D eigenvalue weighted by molar-refractivity contribution is 0.200. The highest BCUT2D eigenvalue weighted by molar-refractivity contribution is 9.09. The molecule has 2 heterocycles. The Morgan fingerprint density at radius 2 is 2.40 bits per heavy atom. The Hall–Kier alpha value is -0.450. The Morgan fingerprint density at radius 1 is 1.53 bits per heavy atom. The van der Waals surface area contributed by atoms with Gasteiger partial charge >= 0.3 is 0 Å². The summed E-state index contributed by atoms with van der Waals surface area (Å²) in [4.78, 5) is 4.76. The van der Waals surface area contributed by atoms with Gasteiger partial charge in [0.2, 0.25) is 0 Å². The SMILES string of the molecule is COCC(Br)Cc1nccc2sccc12. The van der Waals surface area contributed by atoms with Gasteiger partial charge in [-0.25, -0.2) is 0 Å². The lowest BCUT2D eigenvalue weighted by Crippen LogP contribution is -2.11. The molecule has 0 saturated carbocycles. The zero-order chi connectivity index (χ0) is 10.7. The average molecular weight is 286 g/mol. The van der Waals surface area contributed by atoms with E-state index >= 15 is 0 Å². The van der Waals surface area contributed by atoms with E-state index in [0.29, 0.717) is 11.4 Å². The molecule has 0 aliphatic carbocycles. The van der Waals surface area contributed by atoms with Gasteiger partial charge in [-0.05, 0) is 17.5 Å². The van der Waals surface area contributed by atoms with E-state index in [1.807, 2.05) is 6.20 Å². The third kappa shape index (κ3) is 2.56. The second-order valence-corrected chi connectivity index (χ2v) is 5.59. The summed E-state index contributed by atoms with van der Waals surface area (Å²) in [5.41, 5.74) is 1.15. The third-order valence-corrected chi connectivity index (χ3v) is 3.69. The van der Waals surface area contributed by atoms with Crippen molar-refractivity contribution in [2.75, 3.05) is 13.7 Å². The molecule has 0 aliphatic rings. The number of hydrogen-bond acceptors (Lipinski definition) is 3. The maximum atomic E-state index is 5.10. The second kappa shape index (κ2) is 5.05. The lowest BCUT2D eigenvalue weighted by atomic mass is 10.1. The largest absolute Gasteiger partial charge is 0.384 e. The van der Waals surface area contributed by atoms with E-state index in [1.54, 1.807) is 18.4 Å². The summed E-state index contributed by atoms with van der Waals surface area (Å²) in [5.74, 6) is 0. The zero-order valence-electron chi connectivity index (χ0n) is 8.44. The topological polar surface area (TPSA) is 22.1 Å². The number of ether oxygens (including phenoxy) is 1. The summed E-state index contributed by atoms with van der Waals surface area (Å²) >= 11 is 5.34. The zero-order valence-corrected chi connectivity index (χ0v) is 10.8. The number of pyridine rings is 1. The van der Waals surface area contributed by atoms with Crippen molar-refractivity contribution < 1.29 is 4.74 Å². The first-order valence-electron chi connectivity index (χ1n) is 4.75. The van der Waals surface area contributed by atoms with Crippen molar-refractivity contribution in [1.82, 2.24) is 4.98 Å². The molecule has 2 rings (SSSR count). The molecule has 2 aromatic heterocycles. The van der Waals surface area contributed by atoms with Crippen LogP contribution in [0.25, 0.3) is 10.1 Å². The van der Waals surface area contributed by atoms with Crippen molar-refractivity contribution in [1.29, 1.82) is 0 Å². The third-order valence-electron chi connectivity index (χ3n) is 2.22. The van der Waals surface area contributed by atoms with Crippen LogP contribution >= 0.6 is 27.3 Å². The highest BCUT2D eigenvalue weighted by atomic mass is 79.9. The summed E-state index contributed by atoms with van der Waals surface area (Å²) in [6, 6.07) is 4.19. The first-order chi connectivity index (χ1) is 7.31. The van der Waals surface area contributed by atoms with Crippen molar-refractivity contribution in [3.05, 3.63) is 29.4 Å². The molecule has 0 spiro atoms. The van der Waals surface area contributed by atoms with Gasteiger partial charge in [0.1, 0.15) is 0 Å². The molecule has 0 radical (unpaired) electrons. The first-order valence-corrected chi connectivity index (χ1v) is 6.55. The predicted octanol–water partition coefficient (Wildman–Crippen LogP) is 3.25. The standard InChI is InChI=1S/C11H12BrNOS/c1-14-7-8(12)6-10-9-3-5-15-11(9)2-4-13-10/h2-5,8H,6-7H2,1H3. The molecule has 2 aromatic rings. The summed E-state index contributed by atoms with van der Waals surface area (Å²) in [5, 5.41) is 3.37. The van der Waals surface area contributed by atoms with E-state index in [1.165, 1.54) is 10.1 Å². The Labute approximate surface area is 101 Å². The highest BCUT2D eigenvalue weighted by Crippen LogP contribution is 2.24. The smallest absolute Gasteiger partial charge is 0.0591 e. The van der Waals surface area contributed by atoms with E-state index in [-0.39, 0.29) is 0 Å². The number of halogens is 1. The maximum Gasteiger partial charge on any atom is 0.0591 e. The Morgan fingerprint density at radius 3 is 3.20 bits per heavy atom. The van der Waals surface area contributed by atoms with Crippen molar-refractivity contribution in [2.24, 2.45) is 0 Å². The van der Waals surface area contributed by atoms with Gasteiger partial charge in [0.15, 0.2) is 0 Å². The van der Waals surface area contributed by atoms with E-state index in [9.17, 15) is 0 Å². The van der Waals surface area contributed by atoms with Crippen LogP contribution in [0.15, 0.2) is 23.7 Å². The minimum atomic E-state index is 0.334. The van der Waals surface area contributed by atoms with Crippen LogP contribution in [-0.2, 0) is 11.2 Å². The molecule has 0 bridgehead atoms. The number of methoxy groups -OCH3 is 1. The van der Waals surface area contributed by atoms with Crippen LogP contribution in [0.4, 0.5) is 0 Å². The van der Waals surface area contributed by atoms with Gasteiger partial charge in [0.05, 0.1) is 12.3 Å². The molecule has 0 N–H and O–H groups in total. The fraction of sp³-hybridized carbons (Fsp3) is 0.364. The minimum Gasteiger partial charge on any atom is -0.384 e. The van der Waals surface area contributed by atoms with E-state index in [0.717, 1.165) is 12.1 Å². The van der Waals surface area contributed by atoms with Gasteiger partial charge in [0, 0.05) is 34.6 Å². The minimum absolute atomic E-state index is 0.334. The van der Waals surface area contributed by atoms with Gasteiger partial charge in [-0.2, -0.15) is 0 Å². The fourth-order valence-electron chi connectivity index (χ4n) is 1.57. The van der Waals surface area contributed by atoms with Crippen LogP contribution in [0, 0.1) is 0 Å². The Kier molecular flexibility index (Phi) is 3.72. The second-order valence-electron chi connectivity index (χ2n) is 3.35. The molecular formula is C11H12BrNOS. The van der Waals surface area contributed by atoms with E-state index in [4.69, 9.17) is 4.74 Å². The number of aromatic nitrogens is 1. The van der Waals surface area contributed by atoms with Crippen molar-refractivity contribution in [3.8, 4) is 0 Å². The molecule has 1 unspecified atom stereocenters. The summed E-state index contributed by atoms with van der Waals surface area (Å²) in [6.07, 6.45) is 2.78. The molecule has 0 amide bonds. The number of rotatable bonds is 4. The first kappa shape index (κ1) is 11.0. The summed E-state index contributed by atoms with van der Waals surface area (Å²) in [6.45, 7) is 0.711. The van der Waals surface area contributed by atoms with Gasteiger partial charge in [0.25, 0.3) is 0 Å². The molecular weight excluding hydrogens is 274 g/mol. The molecule has 4 heteroatoms. The van der Waals surface area contributed by atoms with Gasteiger partial charge in [-0.1, -0.05) is 15.9 Å². The van der Waals surface area contributed by atoms with Crippen LogP contribution in [0.3, 0.4) is 0 Å². The van der Waals surface area contributed by atoms with Crippen LogP contribution in [0.1, 0.15) is 5.69 Å². The van der Waals surface area contributed by atoms with Crippen LogP contribution in [0.5, 0.6) is 0 Å². The van der Waals surface area contributed by atoms with E-state index < -0.39 is 0 Å². The van der Waals surface area contributed by atoms with Crippen molar-refractivity contribution >= 4 is 37.4 Å². The average Bonchev–Trinajstić information content (AvgIpc) is 2.67. The van der Waals surface area contributed by atoms with Gasteiger partial charge in [-0.15, -0.1) is 11.3 Å². The fourth-order valence-corrected chi connectivity index (χ4v) is 2.94. The van der Waals surface area contributed by atoms with Gasteiger partial charge < -0.3 is 4.74 Å². The Bertz CT molecular complexity index is 443. The molecule has 15 heavy (non-hydrogen) atoms. The quantitative estimate of drug-likeness (QED) is 0.805. The maximum absolute atomic E-state index is 5.10. The Balaban J connectivity index is 2.23. The normalized spacial score (nSPS) is 13.2. The van der Waals surface area contributed by atoms with Gasteiger partial charge in [-0.3, -0.25) is 4.98 Å². The summed E-state index contributed by atoms with van der Waals surface area (Å²) in [7, 11) is 1.72. The number of nitrogens with zero attached hydrogens (tertiary/aromatic N) is 1. The molecule has 0 aliphatic heterocycles. The van der Waals surface area contributed by atoms with Crippen molar-refractivity contribution in [3.63, 3.8) is 0 Å².